The highest BCUT2D eigenvalue weighted by atomic mass is 16.7. The summed E-state index contributed by atoms with van der Waals surface area (Å²) in [6, 6.07) is 19.0. The Hall–Kier alpha value is -6.81. The maximum Gasteiger partial charge on any atom is 0.331 e. The van der Waals surface area contributed by atoms with Crippen LogP contribution in [0.1, 0.15) is 11.1 Å². The fraction of sp³-hybridized carbons (Fsp3) is 0.154. The van der Waals surface area contributed by atoms with E-state index in [0.717, 1.165) is 24.3 Å². The average Bonchev–Trinajstić information content (AvgIpc) is 3.14. The van der Waals surface area contributed by atoms with Crippen molar-refractivity contribution < 1.29 is 68.7 Å². The van der Waals surface area contributed by atoms with E-state index in [0.29, 0.717) is 11.1 Å². The highest BCUT2D eigenvalue weighted by Gasteiger charge is 2.49. The first kappa shape index (κ1) is 37.0. The van der Waals surface area contributed by atoms with Crippen LogP contribution in [0, 0.1) is 0 Å². The molecular formula is C39H32O15. The summed E-state index contributed by atoms with van der Waals surface area (Å²) >= 11 is 0. The van der Waals surface area contributed by atoms with Gasteiger partial charge in [-0.05, 0) is 71.8 Å². The van der Waals surface area contributed by atoms with Crippen LogP contribution in [0.25, 0.3) is 34.4 Å². The van der Waals surface area contributed by atoms with E-state index in [9.17, 15) is 50.1 Å². The van der Waals surface area contributed by atoms with Gasteiger partial charge in [0.25, 0.3) is 0 Å². The second-order valence-corrected chi connectivity index (χ2v) is 12.0. The summed E-state index contributed by atoms with van der Waals surface area (Å²) in [6.45, 7) is -0.657. The van der Waals surface area contributed by atoms with Gasteiger partial charge < -0.3 is 59.1 Å². The lowest BCUT2D eigenvalue weighted by atomic mass is 9.99. The van der Waals surface area contributed by atoms with Crippen molar-refractivity contribution in [3.63, 3.8) is 0 Å². The number of hydrogen-bond donors (Lipinski definition) is 7. The maximum absolute atomic E-state index is 14.0. The van der Waals surface area contributed by atoms with Crippen LogP contribution in [0.2, 0.25) is 0 Å². The van der Waals surface area contributed by atoms with Gasteiger partial charge in [0.15, 0.2) is 11.9 Å². The van der Waals surface area contributed by atoms with Crippen LogP contribution in [-0.2, 0) is 23.8 Å². The summed E-state index contributed by atoms with van der Waals surface area (Å²) in [7, 11) is 0. The quantitative estimate of drug-likeness (QED) is 0.0798. The van der Waals surface area contributed by atoms with Crippen LogP contribution in [0.15, 0.2) is 106 Å². The van der Waals surface area contributed by atoms with E-state index in [2.05, 4.69) is 0 Å². The van der Waals surface area contributed by atoms with Gasteiger partial charge in [0.05, 0.1) is 0 Å². The van der Waals surface area contributed by atoms with E-state index < -0.39 is 77.3 Å². The molecule has 1 aliphatic rings. The topological polar surface area (TPSA) is 243 Å². The third-order valence-electron chi connectivity index (χ3n) is 8.18. The first-order valence-corrected chi connectivity index (χ1v) is 16.2. The molecule has 0 spiro atoms. The fourth-order valence-corrected chi connectivity index (χ4v) is 5.44. The SMILES string of the molecule is O=C(C=Cc1ccc(O)cc1)OCC1O[C@@H](Oc2c(-c3ccc(O)cc3)oc3cc(O)cc(O)c3c2=O)C(OC(=O)C=Cc2ccc(O)cc2)C(O)[C@@H]1O. The number of aliphatic hydroxyl groups is 2. The van der Waals surface area contributed by atoms with Gasteiger partial charge in [-0.1, -0.05) is 24.3 Å². The molecule has 6 rings (SSSR count). The number of phenolic OH excluding ortho intramolecular Hbond substituents is 5. The number of aliphatic hydroxyl groups excluding tert-OH is 2. The molecule has 1 saturated heterocycles. The molecule has 1 aromatic heterocycles. The van der Waals surface area contributed by atoms with Crippen LogP contribution in [-0.4, -0.2) is 85.0 Å². The molecule has 4 aromatic carbocycles. The lowest BCUT2D eigenvalue weighted by molar-refractivity contribution is -0.282. The van der Waals surface area contributed by atoms with Gasteiger partial charge in [0, 0.05) is 29.8 Å². The van der Waals surface area contributed by atoms with Gasteiger partial charge in [-0.25, -0.2) is 9.59 Å². The molecule has 3 unspecified atom stereocenters. The normalized spacial score (nSPS) is 19.9. The van der Waals surface area contributed by atoms with E-state index in [-0.39, 0.29) is 34.2 Å². The number of aromatic hydroxyl groups is 5. The smallest absolute Gasteiger partial charge is 0.331 e. The van der Waals surface area contributed by atoms with Gasteiger partial charge in [0.2, 0.25) is 17.5 Å². The Balaban J connectivity index is 1.33. The predicted octanol–water partition coefficient (Wildman–Crippen LogP) is 3.70. The molecule has 5 aromatic rings. The Bertz CT molecular complexity index is 2260. The number of phenols is 5. The van der Waals surface area contributed by atoms with Crippen LogP contribution in [0.4, 0.5) is 0 Å². The summed E-state index contributed by atoms with van der Waals surface area (Å²) in [5.41, 5.74) is -0.0115. The molecule has 0 aliphatic carbocycles. The Morgan fingerprint density at radius 3 is 1.85 bits per heavy atom. The van der Waals surface area contributed by atoms with E-state index in [1.807, 2.05) is 0 Å². The van der Waals surface area contributed by atoms with Crippen molar-refractivity contribution in [2.45, 2.75) is 30.7 Å². The number of carbonyl (C=O) groups excluding carboxylic acids is 2. The molecule has 5 atom stereocenters. The molecule has 1 fully saturated rings. The zero-order valence-corrected chi connectivity index (χ0v) is 27.9. The number of rotatable bonds is 10. The van der Waals surface area contributed by atoms with Gasteiger partial charge in [-0.15, -0.1) is 0 Å². The summed E-state index contributed by atoms with van der Waals surface area (Å²) in [6.07, 6.45) is -4.24. The maximum atomic E-state index is 14.0. The van der Waals surface area contributed by atoms with Crippen LogP contribution in [0.3, 0.4) is 0 Å². The summed E-state index contributed by atoms with van der Waals surface area (Å²) in [5, 5.41) is 71.5. The van der Waals surface area contributed by atoms with Gasteiger partial charge in [-0.3, -0.25) is 4.79 Å². The molecule has 278 valence electrons. The first-order chi connectivity index (χ1) is 25.9. The zero-order chi connectivity index (χ0) is 38.5. The highest BCUT2D eigenvalue weighted by molar-refractivity contribution is 5.89. The van der Waals surface area contributed by atoms with Crippen LogP contribution < -0.4 is 10.2 Å². The molecule has 15 heteroatoms. The molecule has 54 heavy (non-hydrogen) atoms. The lowest BCUT2D eigenvalue weighted by Gasteiger charge is -2.41. The van der Waals surface area contributed by atoms with E-state index >= 15 is 0 Å². The Labute approximate surface area is 305 Å². The average molecular weight is 741 g/mol. The molecule has 0 saturated carbocycles. The van der Waals surface area contributed by atoms with E-state index in [1.54, 1.807) is 12.1 Å². The summed E-state index contributed by atoms with van der Waals surface area (Å²) in [4.78, 5) is 39.6. The highest BCUT2D eigenvalue weighted by Crippen LogP contribution is 2.38. The fourth-order valence-electron chi connectivity index (χ4n) is 5.44. The molecule has 15 nitrogen and oxygen atoms in total. The van der Waals surface area contributed by atoms with Crippen molar-refractivity contribution in [2.24, 2.45) is 0 Å². The van der Waals surface area contributed by atoms with Crippen LogP contribution >= 0.6 is 0 Å². The van der Waals surface area contributed by atoms with Crippen molar-refractivity contribution in [3.05, 3.63) is 118 Å². The third-order valence-corrected chi connectivity index (χ3v) is 8.18. The zero-order valence-electron chi connectivity index (χ0n) is 27.9. The Morgan fingerprint density at radius 1 is 0.704 bits per heavy atom. The number of benzene rings is 4. The van der Waals surface area contributed by atoms with Gasteiger partial charge >= 0.3 is 11.9 Å². The van der Waals surface area contributed by atoms with E-state index in [4.69, 9.17) is 23.4 Å². The monoisotopic (exact) mass is 740 g/mol. The summed E-state index contributed by atoms with van der Waals surface area (Å²) < 4.78 is 28.6. The number of esters is 2. The number of fused-ring (bicyclic) bond motifs is 1. The minimum absolute atomic E-state index is 0.00487. The largest absolute Gasteiger partial charge is 0.508 e. The molecule has 1 aliphatic heterocycles. The van der Waals surface area contributed by atoms with Crippen molar-refractivity contribution in [2.75, 3.05) is 6.61 Å². The van der Waals surface area contributed by atoms with Gasteiger partial charge in [-0.2, -0.15) is 0 Å². The molecule has 7 N–H and O–H groups in total. The third kappa shape index (κ3) is 8.45. The summed E-state index contributed by atoms with van der Waals surface area (Å²) in [5.74, 6) is -4.04. The predicted molar refractivity (Wildman–Crippen MR) is 189 cm³/mol. The minimum atomic E-state index is -1.96. The molecule has 0 bridgehead atoms. The van der Waals surface area contributed by atoms with Crippen molar-refractivity contribution >= 4 is 35.1 Å². The number of ether oxygens (including phenoxy) is 4. The molecule has 0 amide bonds. The first-order valence-electron chi connectivity index (χ1n) is 16.2. The number of carbonyl (C=O) groups is 2. The standard InChI is InChI=1S/C39H32O15/c40-23-9-1-20(2-10-23)5-15-30(45)50-19-29-33(47)35(49)38(53-31(46)16-6-21-3-11-24(41)12-4-21)39(52-29)54-37-34(48)32-27(44)17-26(43)18-28(32)51-36(37)22-7-13-25(42)14-8-22/h1-18,29,33,35,38-44,47,49H,19H2/t29?,33-,35?,38?,39+/m1/s1. The number of hydrogen-bond acceptors (Lipinski definition) is 15. The Morgan fingerprint density at radius 2 is 1.26 bits per heavy atom. The van der Waals surface area contributed by atoms with Gasteiger partial charge in [0.1, 0.15) is 64.6 Å². The van der Waals surface area contributed by atoms with E-state index in [1.165, 1.54) is 72.8 Å². The lowest BCUT2D eigenvalue weighted by Crippen LogP contribution is -2.61. The second-order valence-electron chi connectivity index (χ2n) is 12.0. The molecular weight excluding hydrogens is 708 g/mol. The minimum Gasteiger partial charge on any atom is -0.508 e. The second kappa shape index (κ2) is 15.8. The Kier molecular flexibility index (Phi) is 10.8. The van der Waals surface area contributed by atoms with Crippen molar-refractivity contribution in [1.82, 2.24) is 0 Å². The molecule has 0 radical (unpaired) electrons. The van der Waals surface area contributed by atoms with Crippen LogP contribution in [0.5, 0.6) is 34.5 Å². The van der Waals surface area contributed by atoms with Crippen molar-refractivity contribution in [1.29, 1.82) is 0 Å². The molecule has 2 heterocycles. The van der Waals surface area contributed by atoms with Crippen molar-refractivity contribution in [3.8, 4) is 45.8 Å².